The number of thioether (sulfide) groups is 1. The molecule has 0 unspecified atom stereocenters. The number of hydrogen-bond acceptors (Lipinski definition) is 6. The number of phenols is 2. The van der Waals surface area contributed by atoms with Crippen molar-refractivity contribution in [3.05, 3.63) is 52.9 Å². The zero-order chi connectivity index (χ0) is 17.1. The molecular weight excluding hydrogens is 328 g/mol. The minimum absolute atomic E-state index is 0.206. The molecule has 3 rings (SSSR count). The van der Waals surface area contributed by atoms with E-state index in [0.717, 1.165) is 5.75 Å². The molecule has 1 heterocycles. The molecule has 1 fully saturated rings. The van der Waals surface area contributed by atoms with E-state index in [-0.39, 0.29) is 17.4 Å². The summed E-state index contributed by atoms with van der Waals surface area (Å²) in [6.07, 6.45) is 1.62. The Labute approximate surface area is 142 Å². The van der Waals surface area contributed by atoms with E-state index in [1.165, 1.54) is 23.9 Å². The molecule has 0 bridgehead atoms. The summed E-state index contributed by atoms with van der Waals surface area (Å²) in [6, 6.07) is 11.5. The summed E-state index contributed by atoms with van der Waals surface area (Å²) in [6.45, 7) is 0. The molecule has 0 aromatic heterocycles. The second-order valence-electron chi connectivity index (χ2n) is 4.93. The van der Waals surface area contributed by atoms with Gasteiger partial charge in [-0.25, -0.2) is 4.99 Å². The van der Waals surface area contributed by atoms with Gasteiger partial charge in [-0.15, -0.1) is 0 Å². The second kappa shape index (κ2) is 6.67. The molecule has 3 N–H and O–H groups in total. The van der Waals surface area contributed by atoms with Crippen LogP contribution in [0, 0.1) is 0 Å². The molecule has 1 aliphatic heterocycles. The largest absolute Gasteiger partial charge is 0.504 e. The first-order valence-electron chi connectivity index (χ1n) is 7.01. The Morgan fingerprint density at radius 1 is 1.12 bits per heavy atom. The van der Waals surface area contributed by atoms with Gasteiger partial charge in [0.05, 0.1) is 17.7 Å². The van der Waals surface area contributed by atoms with Gasteiger partial charge in [-0.05, 0) is 59.8 Å². The molecule has 0 spiro atoms. The number of ether oxygens (including phenoxy) is 1. The first kappa shape index (κ1) is 15.9. The first-order valence-corrected chi connectivity index (χ1v) is 7.82. The highest BCUT2D eigenvalue weighted by Crippen LogP contribution is 2.31. The van der Waals surface area contributed by atoms with E-state index in [1.807, 2.05) is 0 Å². The Morgan fingerprint density at radius 2 is 1.88 bits per heavy atom. The molecule has 7 heteroatoms. The summed E-state index contributed by atoms with van der Waals surface area (Å²) >= 11 is 1.20. The number of nitrogens with zero attached hydrogens (tertiary/aromatic N) is 1. The van der Waals surface area contributed by atoms with Crippen molar-refractivity contribution >= 4 is 34.6 Å². The van der Waals surface area contributed by atoms with Crippen LogP contribution in [0.25, 0.3) is 6.08 Å². The van der Waals surface area contributed by atoms with Crippen LogP contribution >= 0.6 is 11.8 Å². The van der Waals surface area contributed by atoms with Crippen LogP contribution in [-0.2, 0) is 4.79 Å². The van der Waals surface area contributed by atoms with Gasteiger partial charge in [-0.3, -0.25) is 4.79 Å². The highest BCUT2D eigenvalue weighted by molar-refractivity contribution is 8.18. The van der Waals surface area contributed by atoms with E-state index in [9.17, 15) is 15.0 Å². The monoisotopic (exact) mass is 342 g/mol. The number of hydrogen-bond donors (Lipinski definition) is 3. The Balaban J connectivity index is 1.80. The number of benzene rings is 2. The topological polar surface area (TPSA) is 91.2 Å². The molecule has 0 saturated carbocycles. The standard InChI is InChI=1S/C17H14N2O4S/c1-23-12-5-3-11(4-6-12)18-17-19-16(22)15(24-17)9-10-2-7-13(20)14(21)8-10/h2-9,20-21H,1H3,(H,18,19,22)/b15-9-. The Morgan fingerprint density at radius 3 is 2.54 bits per heavy atom. The summed E-state index contributed by atoms with van der Waals surface area (Å²) in [7, 11) is 1.59. The van der Waals surface area contributed by atoms with Crippen molar-refractivity contribution in [2.24, 2.45) is 4.99 Å². The van der Waals surface area contributed by atoms with E-state index in [2.05, 4.69) is 10.3 Å². The van der Waals surface area contributed by atoms with Crippen molar-refractivity contribution in [3.8, 4) is 17.2 Å². The number of amidine groups is 1. The lowest BCUT2D eigenvalue weighted by Crippen LogP contribution is -2.19. The van der Waals surface area contributed by atoms with Gasteiger partial charge >= 0.3 is 0 Å². The quantitative estimate of drug-likeness (QED) is 0.589. The zero-order valence-corrected chi connectivity index (χ0v) is 13.5. The number of aromatic hydroxyl groups is 2. The van der Waals surface area contributed by atoms with Crippen LogP contribution < -0.4 is 10.1 Å². The molecule has 0 aliphatic carbocycles. The number of nitrogens with one attached hydrogen (secondary N) is 1. The van der Waals surface area contributed by atoms with E-state index < -0.39 is 0 Å². The third-order valence-corrected chi connectivity index (χ3v) is 4.16. The number of carbonyl (C=O) groups is 1. The van der Waals surface area contributed by atoms with E-state index in [4.69, 9.17) is 4.74 Å². The van der Waals surface area contributed by atoms with Crippen molar-refractivity contribution in [2.75, 3.05) is 7.11 Å². The predicted molar refractivity (Wildman–Crippen MR) is 93.6 cm³/mol. The average Bonchev–Trinajstić information content (AvgIpc) is 2.91. The van der Waals surface area contributed by atoms with Gasteiger partial charge in [0.2, 0.25) is 0 Å². The Bertz CT molecular complexity index is 844. The van der Waals surface area contributed by atoms with Gasteiger partial charge < -0.3 is 20.3 Å². The average molecular weight is 342 g/mol. The smallest absolute Gasteiger partial charge is 0.264 e. The Kier molecular flexibility index (Phi) is 4.43. The highest BCUT2D eigenvalue weighted by atomic mass is 32.2. The van der Waals surface area contributed by atoms with Crippen molar-refractivity contribution < 1.29 is 19.7 Å². The third kappa shape index (κ3) is 3.52. The van der Waals surface area contributed by atoms with Crippen molar-refractivity contribution in [1.29, 1.82) is 0 Å². The van der Waals surface area contributed by atoms with Crippen LogP contribution in [0.15, 0.2) is 52.4 Å². The van der Waals surface area contributed by atoms with Gasteiger partial charge in [-0.2, -0.15) is 0 Å². The normalized spacial score (nSPS) is 17.3. The number of aliphatic imine (C=N–C) groups is 1. The van der Waals surface area contributed by atoms with Crippen LogP contribution in [0.3, 0.4) is 0 Å². The molecule has 24 heavy (non-hydrogen) atoms. The molecular formula is C17H14N2O4S. The predicted octanol–water partition coefficient (Wildman–Crippen LogP) is 3.00. The zero-order valence-electron chi connectivity index (χ0n) is 12.7. The highest BCUT2D eigenvalue weighted by Gasteiger charge is 2.23. The SMILES string of the molecule is COc1ccc(N=C2NC(=O)/C(=C/c3ccc(O)c(O)c3)S2)cc1. The van der Waals surface area contributed by atoms with E-state index in [1.54, 1.807) is 43.5 Å². The lowest BCUT2D eigenvalue weighted by Gasteiger charge is -2.00. The van der Waals surface area contributed by atoms with Gasteiger partial charge in [0.25, 0.3) is 5.91 Å². The molecule has 1 saturated heterocycles. The van der Waals surface area contributed by atoms with Crippen LogP contribution in [-0.4, -0.2) is 28.4 Å². The van der Waals surface area contributed by atoms with Crippen LogP contribution in [0.4, 0.5) is 5.69 Å². The number of rotatable bonds is 3. The maximum absolute atomic E-state index is 12.0. The molecule has 6 nitrogen and oxygen atoms in total. The number of methoxy groups -OCH3 is 1. The molecule has 1 amide bonds. The minimum atomic E-state index is -0.264. The summed E-state index contributed by atoms with van der Waals surface area (Å²) in [5, 5.41) is 22.0. The van der Waals surface area contributed by atoms with Gasteiger partial charge in [0, 0.05) is 0 Å². The first-order chi connectivity index (χ1) is 11.5. The number of amides is 1. The fraction of sp³-hybridized carbons (Fsp3) is 0.0588. The van der Waals surface area contributed by atoms with Gasteiger partial charge in [-0.1, -0.05) is 6.07 Å². The third-order valence-electron chi connectivity index (χ3n) is 3.25. The molecule has 122 valence electrons. The second-order valence-corrected chi connectivity index (χ2v) is 5.96. The molecule has 0 radical (unpaired) electrons. The van der Waals surface area contributed by atoms with E-state index >= 15 is 0 Å². The number of carbonyl (C=O) groups excluding carboxylic acids is 1. The summed E-state index contributed by atoms with van der Waals surface area (Å²) < 4.78 is 5.09. The summed E-state index contributed by atoms with van der Waals surface area (Å²) in [5.74, 6) is 0.0249. The Hall–Kier alpha value is -2.93. The fourth-order valence-electron chi connectivity index (χ4n) is 2.04. The maximum atomic E-state index is 12.0. The van der Waals surface area contributed by atoms with Gasteiger partial charge in [0.15, 0.2) is 16.7 Å². The molecule has 2 aromatic carbocycles. The molecule has 2 aromatic rings. The van der Waals surface area contributed by atoms with Crippen LogP contribution in [0.2, 0.25) is 0 Å². The molecule has 1 aliphatic rings. The van der Waals surface area contributed by atoms with E-state index in [0.29, 0.717) is 21.3 Å². The van der Waals surface area contributed by atoms with Crippen molar-refractivity contribution in [3.63, 3.8) is 0 Å². The van der Waals surface area contributed by atoms with Crippen molar-refractivity contribution in [1.82, 2.24) is 5.32 Å². The van der Waals surface area contributed by atoms with Crippen LogP contribution in [0.5, 0.6) is 17.2 Å². The molecule has 0 atom stereocenters. The van der Waals surface area contributed by atoms with Crippen LogP contribution in [0.1, 0.15) is 5.56 Å². The summed E-state index contributed by atoms with van der Waals surface area (Å²) in [4.78, 5) is 16.8. The lowest BCUT2D eigenvalue weighted by molar-refractivity contribution is -0.115. The lowest BCUT2D eigenvalue weighted by atomic mass is 10.2. The fourth-order valence-corrected chi connectivity index (χ4v) is 2.88. The van der Waals surface area contributed by atoms with Gasteiger partial charge in [0.1, 0.15) is 5.75 Å². The summed E-state index contributed by atoms with van der Waals surface area (Å²) in [5.41, 5.74) is 1.30. The van der Waals surface area contributed by atoms with Crippen molar-refractivity contribution in [2.45, 2.75) is 0 Å². The number of phenolic OH excluding ortho intramolecular Hbond substituents is 2. The minimum Gasteiger partial charge on any atom is -0.504 e. The maximum Gasteiger partial charge on any atom is 0.264 e.